The van der Waals surface area contributed by atoms with Crippen molar-refractivity contribution < 1.29 is 43.8 Å². The summed E-state index contributed by atoms with van der Waals surface area (Å²) in [6, 6.07) is 9.94. The number of hydrogen-bond acceptors (Lipinski definition) is 10. The lowest BCUT2D eigenvalue weighted by molar-refractivity contribution is -0.493. The minimum absolute atomic E-state index is 0.165. The standard InChI is InChI=1S/C23H22N4O10/c1-23(22(31)37-3)17(19(28)24-12-4-8-14(9-5-12)26(32)33)16(21(30)36-2)18(23)20(29)25-13-6-10-15(11-7-13)27(34)35/h4-11,16-18H,1-3H3,(H,24,28)(H,25,29)/p+1/t16?,17?,18?,23-. The number of quaternary nitrogens is 1. The Morgan fingerprint density at radius 3 is 1.84 bits per heavy atom. The normalized spacial score (nSPS) is 22.2. The van der Waals surface area contributed by atoms with E-state index in [9.17, 15) is 39.4 Å². The number of amides is 2. The van der Waals surface area contributed by atoms with Gasteiger partial charge in [0.05, 0.1) is 41.3 Å². The van der Waals surface area contributed by atoms with Gasteiger partial charge in [0.15, 0.2) is 0 Å². The number of nitro benzene ring substituents is 2. The van der Waals surface area contributed by atoms with Crippen molar-refractivity contribution in [2.24, 2.45) is 23.2 Å². The molecule has 0 bridgehead atoms. The summed E-state index contributed by atoms with van der Waals surface area (Å²) in [6.07, 6.45) is 0. The zero-order chi connectivity index (χ0) is 27.5. The molecule has 14 nitrogen and oxygen atoms in total. The van der Waals surface area contributed by atoms with Gasteiger partial charge in [0.25, 0.3) is 11.4 Å². The quantitative estimate of drug-likeness (QED) is 0.222. The van der Waals surface area contributed by atoms with Gasteiger partial charge in [-0.3, -0.25) is 39.9 Å². The predicted octanol–water partition coefficient (Wildman–Crippen LogP) is 1.08. The summed E-state index contributed by atoms with van der Waals surface area (Å²) in [5.41, 5.74) is -1.72. The van der Waals surface area contributed by atoms with Crippen molar-refractivity contribution in [1.82, 2.24) is 0 Å². The number of benzene rings is 2. The number of non-ortho nitro benzene ring substituents is 2. The maximum absolute atomic E-state index is 13.3. The van der Waals surface area contributed by atoms with E-state index in [1.165, 1.54) is 55.5 Å². The zero-order valence-corrected chi connectivity index (χ0v) is 19.9. The van der Waals surface area contributed by atoms with E-state index in [2.05, 4.69) is 5.32 Å². The Bertz CT molecular complexity index is 1180. The molecular formula is C23H23N4O10+. The fraction of sp³-hybridized carbons (Fsp3) is 0.304. The van der Waals surface area contributed by atoms with Crippen molar-refractivity contribution >= 4 is 46.5 Å². The van der Waals surface area contributed by atoms with E-state index in [1.807, 2.05) is 0 Å². The van der Waals surface area contributed by atoms with Gasteiger partial charge in [-0.2, -0.15) is 0 Å². The lowest BCUT2D eigenvalue weighted by atomic mass is 9.46. The van der Waals surface area contributed by atoms with Crippen molar-refractivity contribution in [2.45, 2.75) is 6.92 Å². The summed E-state index contributed by atoms with van der Waals surface area (Å²) < 4.78 is 9.70. The van der Waals surface area contributed by atoms with Crippen LogP contribution in [0.5, 0.6) is 0 Å². The molecule has 4 atom stereocenters. The molecule has 14 heteroatoms. The van der Waals surface area contributed by atoms with Crippen molar-refractivity contribution in [3.8, 4) is 0 Å². The zero-order valence-electron chi connectivity index (χ0n) is 19.9. The van der Waals surface area contributed by atoms with Crippen LogP contribution < -0.4 is 10.6 Å². The summed E-state index contributed by atoms with van der Waals surface area (Å²) in [7, 11) is 2.15. The summed E-state index contributed by atoms with van der Waals surface area (Å²) >= 11 is 0. The maximum Gasteiger partial charge on any atom is 0.320 e. The molecule has 3 unspecified atom stereocenters. The Morgan fingerprint density at radius 2 is 1.38 bits per heavy atom. The number of methoxy groups -OCH3 is 2. The summed E-state index contributed by atoms with van der Waals surface area (Å²) in [4.78, 5) is 72.7. The van der Waals surface area contributed by atoms with Crippen LogP contribution in [0.4, 0.5) is 22.7 Å². The number of rotatable bonds is 8. The lowest BCUT2D eigenvalue weighted by Gasteiger charge is -2.52. The molecule has 1 aliphatic rings. The molecule has 2 amide bonds. The van der Waals surface area contributed by atoms with Crippen LogP contribution in [-0.4, -0.2) is 47.8 Å². The third kappa shape index (κ3) is 4.99. The topological polar surface area (TPSA) is 202 Å². The van der Waals surface area contributed by atoms with Crippen molar-refractivity contribution in [1.29, 1.82) is 0 Å². The maximum atomic E-state index is 13.3. The number of nitrogens with one attached hydrogen (secondary N) is 1. The second-order valence-corrected chi connectivity index (χ2v) is 8.47. The highest BCUT2D eigenvalue weighted by Crippen LogP contribution is 2.57. The number of esters is 2. The molecule has 0 radical (unpaired) electrons. The predicted molar refractivity (Wildman–Crippen MR) is 124 cm³/mol. The minimum Gasteiger partial charge on any atom is -0.469 e. The van der Waals surface area contributed by atoms with Crippen LogP contribution in [0.2, 0.25) is 0 Å². The molecule has 0 heterocycles. The van der Waals surface area contributed by atoms with Gasteiger partial charge in [0.2, 0.25) is 5.91 Å². The third-order valence-electron chi connectivity index (χ3n) is 6.46. The van der Waals surface area contributed by atoms with Gasteiger partial charge in [0.1, 0.15) is 11.6 Å². The molecule has 37 heavy (non-hydrogen) atoms. The Hall–Kier alpha value is -4.72. The molecule has 2 aromatic carbocycles. The second kappa shape index (κ2) is 10.5. The van der Waals surface area contributed by atoms with Crippen molar-refractivity contribution in [2.75, 3.05) is 19.5 Å². The molecule has 3 rings (SSSR count). The van der Waals surface area contributed by atoms with Crippen LogP contribution in [0.15, 0.2) is 48.5 Å². The molecular weight excluding hydrogens is 492 g/mol. The summed E-state index contributed by atoms with van der Waals surface area (Å²) in [5.74, 6) is -7.35. The van der Waals surface area contributed by atoms with Gasteiger partial charge in [-0.15, -0.1) is 0 Å². The first kappa shape index (κ1) is 26.9. The monoisotopic (exact) mass is 515 g/mol. The van der Waals surface area contributed by atoms with Gasteiger partial charge in [-0.1, -0.05) is 0 Å². The molecule has 194 valence electrons. The van der Waals surface area contributed by atoms with E-state index >= 15 is 0 Å². The number of nitrogens with two attached hydrogens (primary N) is 1. The van der Waals surface area contributed by atoms with Gasteiger partial charge in [-0.05, 0) is 19.1 Å². The largest absolute Gasteiger partial charge is 0.469 e. The number of ether oxygens (including phenoxy) is 2. The molecule has 0 aliphatic heterocycles. The highest BCUT2D eigenvalue weighted by atomic mass is 16.6. The first-order valence-electron chi connectivity index (χ1n) is 10.8. The highest BCUT2D eigenvalue weighted by Gasteiger charge is 2.73. The number of nitrogens with zero attached hydrogens (tertiary/aromatic N) is 2. The number of anilines is 1. The molecule has 3 N–H and O–H groups in total. The average molecular weight is 515 g/mol. The van der Waals surface area contributed by atoms with Gasteiger partial charge in [0, 0.05) is 42.1 Å². The molecule has 1 aliphatic carbocycles. The first-order valence-corrected chi connectivity index (χ1v) is 10.8. The van der Waals surface area contributed by atoms with E-state index in [-0.39, 0.29) is 22.7 Å². The number of nitro groups is 2. The Morgan fingerprint density at radius 1 is 0.865 bits per heavy atom. The SMILES string of the molecule is COC(=O)C1C(C(=O)Nc2ccc([N+](=O)[O-])cc2)[C@@](C)(C(=O)OC)C1C(=O)[NH2+]c1ccc([N+](=O)[O-])cc1. The van der Waals surface area contributed by atoms with Crippen LogP contribution >= 0.6 is 0 Å². The van der Waals surface area contributed by atoms with Crippen LogP contribution in [0.1, 0.15) is 6.92 Å². The molecule has 0 saturated heterocycles. The average Bonchev–Trinajstić information content (AvgIpc) is 2.86. The smallest absolute Gasteiger partial charge is 0.320 e. The highest BCUT2D eigenvalue weighted by molar-refractivity contribution is 6.05. The molecule has 1 saturated carbocycles. The summed E-state index contributed by atoms with van der Waals surface area (Å²) in [5, 5.41) is 25.4. The first-order chi connectivity index (χ1) is 17.4. The van der Waals surface area contributed by atoms with Gasteiger partial charge < -0.3 is 14.8 Å². The molecule has 2 aromatic rings. The van der Waals surface area contributed by atoms with Crippen LogP contribution in [0, 0.1) is 43.4 Å². The third-order valence-corrected chi connectivity index (χ3v) is 6.46. The molecule has 0 aromatic heterocycles. The minimum atomic E-state index is -1.77. The number of primary amides is 1. The van der Waals surface area contributed by atoms with Crippen molar-refractivity contribution in [3.63, 3.8) is 0 Å². The number of hydrogen-bond donors (Lipinski definition) is 2. The fourth-order valence-electron chi connectivity index (χ4n) is 4.64. The van der Waals surface area contributed by atoms with Crippen LogP contribution in [0.3, 0.4) is 0 Å². The molecule has 0 spiro atoms. The Labute approximate surface area is 209 Å². The van der Waals surface area contributed by atoms with Gasteiger partial charge >= 0.3 is 17.8 Å². The van der Waals surface area contributed by atoms with E-state index in [1.54, 1.807) is 0 Å². The Balaban J connectivity index is 1.92. The van der Waals surface area contributed by atoms with E-state index in [4.69, 9.17) is 9.47 Å². The number of carbonyl (C=O) groups excluding carboxylic acids is 4. The van der Waals surface area contributed by atoms with E-state index in [0.29, 0.717) is 0 Å². The molecule has 1 fully saturated rings. The summed E-state index contributed by atoms with van der Waals surface area (Å²) in [6.45, 7) is 1.32. The lowest BCUT2D eigenvalue weighted by Crippen LogP contribution is -2.88. The second-order valence-electron chi connectivity index (χ2n) is 8.47. The Kier molecular flexibility index (Phi) is 7.62. The van der Waals surface area contributed by atoms with Crippen LogP contribution in [0.25, 0.3) is 0 Å². The van der Waals surface area contributed by atoms with Gasteiger partial charge in [-0.25, -0.2) is 4.79 Å². The van der Waals surface area contributed by atoms with Crippen molar-refractivity contribution in [3.05, 3.63) is 68.8 Å². The van der Waals surface area contributed by atoms with E-state index < -0.39 is 56.8 Å². The van der Waals surface area contributed by atoms with Crippen LogP contribution in [-0.2, 0) is 28.7 Å². The number of carbonyl (C=O) groups is 4. The fourth-order valence-corrected chi connectivity index (χ4v) is 4.64. The van der Waals surface area contributed by atoms with E-state index in [0.717, 1.165) is 19.5 Å².